The highest BCUT2D eigenvalue weighted by molar-refractivity contribution is 9.09. The summed E-state index contributed by atoms with van der Waals surface area (Å²) in [6.07, 6.45) is 0. The maximum Gasteiger partial charge on any atom is 0.139 e. The molecule has 1 aromatic carbocycles. The highest BCUT2D eigenvalue weighted by atomic mass is 79.9. The van der Waals surface area contributed by atoms with Crippen molar-refractivity contribution in [3.05, 3.63) is 49.6 Å². The summed E-state index contributed by atoms with van der Waals surface area (Å²) in [4.78, 5) is 1.29. The van der Waals surface area contributed by atoms with Gasteiger partial charge in [0, 0.05) is 16.0 Å². The first kappa shape index (κ1) is 15.2. The van der Waals surface area contributed by atoms with Crippen LogP contribution in [0.3, 0.4) is 0 Å². The Hall–Kier alpha value is -0.220. The van der Waals surface area contributed by atoms with Crippen LogP contribution in [0.2, 0.25) is 10.0 Å². The van der Waals surface area contributed by atoms with Gasteiger partial charge in [0.05, 0.1) is 16.5 Å². The Balaban J connectivity index is 2.40. The van der Waals surface area contributed by atoms with Gasteiger partial charge in [-0.2, -0.15) is 0 Å². The van der Waals surface area contributed by atoms with Crippen molar-refractivity contribution in [2.24, 2.45) is 0 Å². The van der Waals surface area contributed by atoms with Crippen molar-refractivity contribution < 1.29 is 4.74 Å². The topological polar surface area (TPSA) is 9.23 Å². The van der Waals surface area contributed by atoms with Crippen LogP contribution in [0.25, 0.3) is 0 Å². The van der Waals surface area contributed by atoms with Crippen LogP contribution in [0.4, 0.5) is 0 Å². The fraction of sp³-hybridized carbons (Fsp3) is 0.286. The van der Waals surface area contributed by atoms with Gasteiger partial charge in [0.25, 0.3) is 0 Å². The number of thiophene rings is 1. The minimum absolute atomic E-state index is 0.0492. The Bertz CT molecular complexity index is 583. The number of alkyl halides is 1. The van der Waals surface area contributed by atoms with Crippen molar-refractivity contribution in [2.45, 2.75) is 18.7 Å². The summed E-state index contributed by atoms with van der Waals surface area (Å²) >= 11 is 18.0. The Kier molecular flexibility index (Phi) is 5.18. The molecule has 5 heteroatoms. The molecule has 0 amide bonds. The van der Waals surface area contributed by atoms with Gasteiger partial charge in [-0.25, -0.2) is 0 Å². The van der Waals surface area contributed by atoms with Crippen molar-refractivity contribution >= 4 is 50.5 Å². The number of halogens is 3. The van der Waals surface area contributed by atoms with Gasteiger partial charge < -0.3 is 4.74 Å². The van der Waals surface area contributed by atoms with Crippen LogP contribution in [0.1, 0.15) is 27.8 Å². The van der Waals surface area contributed by atoms with Gasteiger partial charge in [-0.15, -0.1) is 11.3 Å². The molecular formula is C14H13BrCl2OS. The zero-order chi connectivity index (χ0) is 14.0. The van der Waals surface area contributed by atoms with E-state index in [2.05, 4.69) is 34.3 Å². The predicted octanol–water partition coefficient (Wildman–Crippen LogP) is 6.25. The molecule has 0 N–H and O–H groups in total. The van der Waals surface area contributed by atoms with Crippen LogP contribution >= 0.6 is 50.5 Å². The molecule has 0 spiro atoms. The summed E-state index contributed by atoms with van der Waals surface area (Å²) in [5.74, 6) is 0.625. The van der Waals surface area contributed by atoms with Crippen LogP contribution in [0.15, 0.2) is 23.6 Å². The van der Waals surface area contributed by atoms with Crippen LogP contribution in [0.5, 0.6) is 5.75 Å². The molecular weight excluding hydrogens is 367 g/mol. The molecule has 0 radical (unpaired) electrons. The molecule has 1 heterocycles. The molecule has 0 aliphatic heterocycles. The van der Waals surface area contributed by atoms with Crippen molar-refractivity contribution in [1.82, 2.24) is 0 Å². The maximum absolute atomic E-state index is 6.34. The lowest BCUT2D eigenvalue weighted by molar-refractivity contribution is 0.340. The second-order valence-corrected chi connectivity index (χ2v) is 6.75. The molecule has 2 aromatic rings. The molecule has 1 nitrogen and oxygen atoms in total. The van der Waals surface area contributed by atoms with E-state index in [-0.39, 0.29) is 4.83 Å². The molecule has 0 aliphatic carbocycles. The number of benzene rings is 1. The van der Waals surface area contributed by atoms with Gasteiger partial charge in [0.1, 0.15) is 5.75 Å². The molecule has 0 bridgehead atoms. The lowest BCUT2D eigenvalue weighted by Crippen LogP contribution is -1.97. The Morgan fingerprint density at radius 1 is 1.32 bits per heavy atom. The summed E-state index contributed by atoms with van der Waals surface area (Å²) in [5.41, 5.74) is 2.20. The average Bonchev–Trinajstić information content (AvgIpc) is 2.79. The Labute approximate surface area is 135 Å². The standard InChI is InChI=1S/C14H13BrCl2OS/c1-3-18-12-7-10(16)9(6-11(12)17)13(15)14-8(2)4-5-19-14/h4-7,13H,3H2,1-2H3. The lowest BCUT2D eigenvalue weighted by Gasteiger charge is -2.14. The van der Waals surface area contributed by atoms with E-state index in [1.54, 1.807) is 17.4 Å². The second-order valence-electron chi connectivity index (χ2n) is 4.07. The Morgan fingerprint density at radius 2 is 2.05 bits per heavy atom. The molecule has 0 saturated carbocycles. The fourth-order valence-corrected chi connectivity index (χ4v) is 4.39. The van der Waals surface area contributed by atoms with Gasteiger partial charge in [-0.05, 0) is 42.5 Å². The third kappa shape index (κ3) is 3.27. The molecule has 19 heavy (non-hydrogen) atoms. The van der Waals surface area contributed by atoms with Gasteiger partial charge in [0.15, 0.2) is 0 Å². The van der Waals surface area contributed by atoms with Crippen LogP contribution in [0, 0.1) is 6.92 Å². The summed E-state index contributed by atoms with van der Waals surface area (Å²) < 4.78 is 5.44. The highest BCUT2D eigenvalue weighted by Gasteiger charge is 2.19. The summed E-state index contributed by atoms with van der Waals surface area (Å²) in [6, 6.07) is 5.74. The zero-order valence-corrected chi connectivity index (χ0v) is 14.5. The zero-order valence-electron chi connectivity index (χ0n) is 10.5. The van der Waals surface area contributed by atoms with Crippen LogP contribution < -0.4 is 4.74 Å². The van der Waals surface area contributed by atoms with E-state index >= 15 is 0 Å². The summed E-state index contributed by atoms with van der Waals surface area (Å²) in [7, 11) is 0. The third-order valence-corrected chi connectivity index (χ3v) is 5.72. The first-order valence-electron chi connectivity index (χ1n) is 5.84. The smallest absolute Gasteiger partial charge is 0.139 e. The fourth-order valence-electron chi connectivity index (χ4n) is 1.79. The minimum Gasteiger partial charge on any atom is -0.492 e. The van der Waals surface area contributed by atoms with E-state index in [0.717, 1.165) is 5.56 Å². The van der Waals surface area contributed by atoms with E-state index in [4.69, 9.17) is 27.9 Å². The van der Waals surface area contributed by atoms with Gasteiger partial charge >= 0.3 is 0 Å². The average molecular weight is 380 g/mol. The molecule has 2 rings (SSSR count). The van der Waals surface area contributed by atoms with Crippen molar-refractivity contribution in [3.8, 4) is 5.75 Å². The first-order chi connectivity index (χ1) is 9.04. The number of rotatable bonds is 4. The van der Waals surface area contributed by atoms with Gasteiger partial charge in [0.2, 0.25) is 0 Å². The first-order valence-corrected chi connectivity index (χ1v) is 8.39. The van der Waals surface area contributed by atoms with Gasteiger partial charge in [-0.1, -0.05) is 39.1 Å². The number of hydrogen-bond donors (Lipinski definition) is 0. The molecule has 0 aliphatic rings. The lowest BCUT2D eigenvalue weighted by atomic mass is 10.1. The van der Waals surface area contributed by atoms with E-state index in [0.29, 0.717) is 22.4 Å². The normalized spacial score (nSPS) is 12.5. The summed E-state index contributed by atoms with van der Waals surface area (Å²) in [6.45, 7) is 4.57. The molecule has 0 fully saturated rings. The second kappa shape index (κ2) is 6.49. The minimum atomic E-state index is 0.0492. The monoisotopic (exact) mass is 378 g/mol. The maximum atomic E-state index is 6.34. The summed E-state index contributed by atoms with van der Waals surface area (Å²) in [5, 5.41) is 3.31. The molecule has 1 atom stereocenters. The largest absolute Gasteiger partial charge is 0.492 e. The number of ether oxygens (including phenoxy) is 1. The van der Waals surface area contributed by atoms with Gasteiger partial charge in [-0.3, -0.25) is 0 Å². The molecule has 1 aromatic heterocycles. The Morgan fingerprint density at radius 3 is 2.63 bits per heavy atom. The van der Waals surface area contributed by atoms with E-state index in [1.165, 1.54) is 10.4 Å². The highest BCUT2D eigenvalue weighted by Crippen LogP contribution is 2.42. The van der Waals surface area contributed by atoms with Crippen molar-refractivity contribution in [2.75, 3.05) is 6.61 Å². The SMILES string of the molecule is CCOc1cc(Cl)c(C(Br)c2sccc2C)cc1Cl. The molecule has 0 saturated heterocycles. The van der Waals surface area contributed by atoms with E-state index < -0.39 is 0 Å². The molecule has 102 valence electrons. The number of hydrogen-bond acceptors (Lipinski definition) is 2. The van der Waals surface area contributed by atoms with Crippen molar-refractivity contribution in [1.29, 1.82) is 0 Å². The third-order valence-electron chi connectivity index (χ3n) is 2.76. The van der Waals surface area contributed by atoms with E-state index in [1.807, 2.05) is 13.0 Å². The quantitative estimate of drug-likeness (QED) is 0.570. The van der Waals surface area contributed by atoms with Crippen molar-refractivity contribution in [3.63, 3.8) is 0 Å². The molecule has 1 unspecified atom stereocenters. The predicted molar refractivity (Wildman–Crippen MR) is 87.5 cm³/mol. The van der Waals surface area contributed by atoms with E-state index in [9.17, 15) is 0 Å². The van der Waals surface area contributed by atoms with Crippen LogP contribution in [-0.2, 0) is 0 Å². The van der Waals surface area contributed by atoms with Crippen LogP contribution in [-0.4, -0.2) is 6.61 Å². The number of aryl methyl sites for hydroxylation is 1.